The lowest BCUT2D eigenvalue weighted by Gasteiger charge is -2.33. The molecule has 3 rings (SSSR count). The van der Waals surface area contributed by atoms with Crippen molar-refractivity contribution >= 4 is 26.2 Å². The molecule has 1 aliphatic rings. The SMILES string of the molecule is COc1nc(N)nc2c1ncn2[C@@H]1O[C@H](COC(C)(C)C)[C@@H](O[SiH](C)C)[C@@H]1OC(C)(C)C. The van der Waals surface area contributed by atoms with Crippen molar-refractivity contribution in [3.63, 3.8) is 0 Å². The Balaban J connectivity index is 2.05. The van der Waals surface area contributed by atoms with E-state index in [1.165, 1.54) is 7.11 Å². The molecule has 3 heterocycles. The summed E-state index contributed by atoms with van der Waals surface area (Å²) in [5.41, 5.74) is 6.21. The molecule has 1 saturated heterocycles. The highest BCUT2D eigenvalue weighted by atomic mass is 28.3. The third-order valence-electron chi connectivity index (χ3n) is 4.76. The van der Waals surface area contributed by atoms with Crippen LogP contribution in [0, 0.1) is 0 Å². The predicted octanol–water partition coefficient (Wildman–Crippen LogP) is 2.68. The molecule has 0 saturated carbocycles. The molecular formula is C21H37N5O5Si. The van der Waals surface area contributed by atoms with E-state index in [2.05, 4.69) is 28.0 Å². The molecule has 10 nitrogen and oxygen atoms in total. The van der Waals surface area contributed by atoms with Crippen LogP contribution in [-0.2, 0) is 18.6 Å². The number of nitrogen functional groups attached to an aromatic ring is 1. The fourth-order valence-corrected chi connectivity index (χ4v) is 4.60. The van der Waals surface area contributed by atoms with Gasteiger partial charge in [-0.15, -0.1) is 0 Å². The van der Waals surface area contributed by atoms with Crippen LogP contribution in [0.4, 0.5) is 5.95 Å². The normalized spacial score (nSPS) is 24.6. The first-order valence-electron chi connectivity index (χ1n) is 11.0. The van der Waals surface area contributed by atoms with Crippen LogP contribution in [0.5, 0.6) is 5.88 Å². The maximum Gasteiger partial charge on any atom is 0.246 e. The highest BCUT2D eigenvalue weighted by molar-refractivity contribution is 6.48. The number of imidazole rings is 1. The number of ether oxygens (including phenoxy) is 4. The zero-order valence-electron chi connectivity index (χ0n) is 20.6. The molecule has 1 fully saturated rings. The molecule has 2 aromatic heterocycles. The molecule has 0 bridgehead atoms. The van der Waals surface area contributed by atoms with Crippen molar-refractivity contribution in [3.05, 3.63) is 6.33 Å². The van der Waals surface area contributed by atoms with Crippen LogP contribution in [0.15, 0.2) is 6.33 Å². The van der Waals surface area contributed by atoms with Crippen molar-refractivity contribution < 1.29 is 23.4 Å². The van der Waals surface area contributed by atoms with E-state index in [9.17, 15) is 0 Å². The lowest BCUT2D eigenvalue weighted by Crippen LogP contribution is -2.44. The minimum absolute atomic E-state index is 0.0948. The van der Waals surface area contributed by atoms with Crippen molar-refractivity contribution in [1.82, 2.24) is 19.5 Å². The van der Waals surface area contributed by atoms with E-state index in [-0.39, 0.29) is 23.8 Å². The van der Waals surface area contributed by atoms with Crippen LogP contribution in [-0.4, -0.2) is 71.8 Å². The van der Waals surface area contributed by atoms with Gasteiger partial charge in [-0.3, -0.25) is 4.57 Å². The number of nitrogens with two attached hydrogens (primary N) is 1. The third kappa shape index (κ3) is 5.76. The molecule has 0 spiro atoms. The Hall–Kier alpha value is -1.79. The third-order valence-corrected chi connectivity index (χ3v) is 5.62. The Kier molecular flexibility index (Phi) is 7.16. The van der Waals surface area contributed by atoms with Gasteiger partial charge in [-0.1, -0.05) is 0 Å². The quantitative estimate of drug-likeness (QED) is 0.613. The standard InChI is InChI=1S/C21H37N5O5Si/c1-20(2,3)28-10-12-14(31-32(8)9)15(30-21(4,5)6)18(29-12)26-11-23-13-16(26)24-19(22)25-17(13)27-7/h11-12,14-15,18,32H,10H2,1-9H3,(H2,22,24,25)/t12-,14-,15+,18-/m1/s1. The second kappa shape index (κ2) is 9.22. The molecule has 32 heavy (non-hydrogen) atoms. The number of nitrogens with zero attached hydrogens (tertiary/aromatic N) is 4. The van der Waals surface area contributed by atoms with Gasteiger partial charge in [0, 0.05) is 0 Å². The van der Waals surface area contributed by atoms with E-state index in [0.717, 1.165) is 0 Å². The van der Waals surface area contributed by atoms with E-state index in [1.807, 2.05) is 46.1 Å². The summed E-state index contributed by atoms with van der Waals surface area (Å²) in [6.45, 7) is 16.7. The number of fused-ring (bicyclic) bond motifs is 1. The van der Waals surface area contributed by atoms with E-state index < -0.39 is 27.0 Å². The van der Waals surface area contributed by atoms with Gasteiger partial charge in [-0.2, -0.15) is 9.97 Å². The van der Waals surface area contributed by atoms with Gasteiger partial charge in [0.15, 0.2) is 26.4 Å². The molecule has 0 aromatic carbocycles. The van der Waals surface area contributed by atoms with Crippen molar-refractivity contribution in [1.29, 1.82) is 0 Å². The van der Waals surface area contributed by atoms with Crippen molar-refractivity contribution in [3.8, 4) is 5.88 Å². The number of methoxy groups -OCH3 is 1. The van der Waals surface area contributed by atoms with E-state index in [1.54, 1.807) is 6.33 Å². The number of anilines is 1. The molecule has 2 N–H and O–H groups in total. The van der Waals surface area contributed by atoms with E-state index in [4.69, 9.17) is 29.1 Å². The van der Waals surface area contributed by atoms with E-state index in [0.29, 0.717) is 23.7 Å². The minimum Gasteiger partial charge on any atom is -0.479 e. The predicted molar refractivity (Wildman–Crippen MR) is 124 cm³/mol. The summed E-state index contributed by atoms with van der Waals surface area (Å²) >= 11 is 0. The van der Waals surface area contributed by atoms with Crippen molar-refractivity contribution in [2.45, 2.75) is 90.4 Å². The first kappa shape index (κ1) is 24.8. The molecule has 180 valence electrons. The summed E-state index contributed by atoms with van der Waals surface area (Å²) in [6.07, 6.45) is 0.0939. The van der Waals surface area contributed by atoms with Gasteiger partial charge in [0.25, 0.3) is 0 Å². The number of hydrogen-bond donors (Lipinski definition) is 1. The summed E-state index contributed by atoms with van der Waals surface area (Å²) in [5.74, 6) is 0.407. The van der Waals surface area contributed by atoms with Crippen LogP contribution in [0.1, 0.15) is 47.8 Å². The summed E-state index contributed by atoms with van der Waals surface area (Å²) in [5, 5.41) is 0. The smallest absolute Gasteiger partial charge is 0.246 e. The average Bonchev–Trinajstić information content (AvgIpc) is 3.19. The Bertz CT molecular complexity index is 924. The molecule has 2 aromatic rings. The fourth-order valence-electron chi connectivity index (χ4n) is 3.65. The monoisotopic (exact) mass is 467 g/mol. The Morgan fingerprint density at radius 1 is 1.09 bits per heavy atom. The van der Waals surface area contributed by atoms with Gasteiger partial charge in [0.05, 0.1) is 31.2 Å². The Morgan fingerprint density at radius 2 is 1.78 bits per heavy atom. The molecule has 11 heteroatoms. The molecule has 0 unspecified atom stereocenters. The lowest BCUT2D eigenvalue weighted by atomic mass is 10.1. The lowest BCUT2D eigenvalue weighted by molar-refractivity contribution is -0.127. The summed E-state index contributed by atoms with van der Waals surface area (Å²) in [7, 11) is 0.104. The second-order valence-electron chi connectivity index (χ2n) is 10.2. The van der Waals surface area contributed by atoms with Gasteiger partial charge >= 0.3 is 0 Å². The second-order valence-corrected chi connectivity index (χ2v) is 12.6. The number of aromatic nitrogens is 4. The Labute approximate surface area is 191 Å². The summed E-state index contributed by atoms with van der Waals surface area (Å²) in [4.78, 5) is 13.0. The number of hydrogen-bond acceptors (Lipinski definition) is 9. The highest BCUT2D eigenvalue weighted by Gasteiger charge is 2.49. The van der Waals surface area contributed by atoms with Crippen LogP contribution < -0.4 is 10.5 Å². The van der Waals surface area contributed by atoms with E-state index >= 15 is 0 Å². The van der Waals surface area contributed by atoms with Gasteiger partial charge in [0.1, 0.15) is 18.3 Å². The molecule has 4 atom stereocenters. The van der Waals surface area contributed by atoms with Crippen molar-refractivity contribution in [2.24, 2.45) is 0 Å². The van der Waals surface area contributed by atoms with Gasteiger partial charge in [0.2, 0.25) is 11.8 Å². The maximum atomic E-state index is 6.52. The minimum atomic E-state index is -1.42. The van der Waals surface area contributed by atoms with Crippen LogP contribution in [0.25, 0.3) is 11.2 Å². The van der Waals surface area contributed by atoms with Gasteiger partial charge < -0.3 is 29.1 Å². The van der Waals surface area contributed by atoms with Crippen molar-refractivity contribution in [2.75, 3.05) is 19.5 Å². The first-order valence-corrected chi connectivity index (χ1v) is 13.7. The molecule has 0 amide bonds. The molecule has 1 aliphatic heterocycles. The molecule has 0 aliphatic carbocycles. The summed E-state index contributed by atoms with van der Waals surface area (Å²) in [6, 6.07) is 0. The molecule has 0 radical (unpaired) electrons. The summed E-state index contributed by atoms with van der Waals surface area (Å²) < 4.78 is 32.7. The molecular weight excluding hydrogens is 430 g/mol. The van der Waals surface area contributed by atoms with Crippen LogP contribution in [0.3, 0.4) is 0 Å². The fraction of sp³-hybridized carbons (Fsp3) is 0.762. The average molecular weight is 468 g/mol. The number of rotatable bonds is 7. The zero-order chi connectivity index (χ0) is 23.8. The van der Waals surface area contributed by atoms with Gasteiger partial charge in [-0.25, -0.2) is 4.98 Å². The van der Waals surface area contributed by atoms with Crippen LogP contribution in [0.2, 0.25) is 13.1 Å². The topological polar surface area (TPSA) is 116 Å². The maximum absolute atomic E-state index is 6.52. The highest BCUT2D eigenvalue weighted by Crippen LogP contribution is 2.39. The van der Waals surface area contributed by atoms with Crippen LogP contribution >= 0.6 is 0 Å². The van der Waals surface area contributed by atoms with Gasteiger partial charge in [-0.05, 0) is 54.6 Å². The zero-order valence-corrected chi connectivity index (χ0v) is 21.7. The first-order chi connectivity index (χ1) is 14.8. The largest absolute Gasteiger partial charge is 0.479 e. The Morgan fingerprint density at radius 3 is 2.34 bits per heavy atom.